The van der Waals surface area contributed by atoms with E-state index in [0.717, 1.165) is 0 Å². The van der Waals surface area contributed by atoms with E-state index in [4.69, 9.17) is 9.47 Å². The van der Waals surface area contributed by atoms with Crippen LogP contribution >= 0.6 is 0 Å². The van der Waals surface area contributed by atoms with Crippen molar-refractivity contribution in [2.75, 3.05) is 27.2 Å². The molecule has 0 aromatic rings. The summed E-state index contributed by atoms with van der Waals surface area (Å²) in [7, 11) is 3.53. The minimum atomic E-state index is -1.44. The second-order valence-corrected chi connectivity index (χ2v) is 10.1. The molecule has 0 saturated carbocycles. The minimum Gasteiger partial charge on any atom is -0.388 e. The quantitative estimate of drug-likeness (QED) is 0.426. The molecule has 0 aromatic heterocycles. The van der Waals surface area contributed by atoms with Crippen molar-refractivity contribution in [1.82, 2.24) is 10.2 Å². The zero-order chi connectivity index (χ0) is 29.4. The molecule has 0 spiro atoms. The fourth-order valence-corrected chi connectivity index (χ4v) is 3.91. The number of nitrogens with zero attached hydrogens (tertiary/aromatic N) is 1. The second kappa shape index (κ2) is 17.6. The Morgan fingerprint density at radius 3 is 2.08 bits per heavy atom. The molecule has 0 radical (unpaired) electrons. The van der Waals surface area contributed by atoms with E-state index in [0.29, 0.717) is 6.54 Å². The van der Waals surface area contributed by atoms with Gasteiger partial charge in [-0.25, -0.2) is 0 Å². The van der Waals surface area contributed by atoms with Crippen LogP contribution in [0.3, 0.4) is 0 Å². The molecule has 40 heavy (non-hydrogen) atoms. The zero-order valence-corrected chi connectivity index (χ0v) is 23.8. The van der Waals surface area contributed by atoms with Crippen LogP contribution in [0.15, 0.2) is 109 Å². The molecule has 1 saturated heterocycles. The third kappa shape index (κ3) is 12.0. The highest BCUT2D eigenvalue weighted by atomic mass is 16.7. The first-order valence-corrected chi connectivity index (χ1v) is 13.5. The van der Waals surface area contributed by atoms with Crippen LogP contribution in [-0.2, 0) is 14.3 Å². The maximum Gasteiger partial charge on any atom is 0.243 e. The number of hydrogen-bond donors (Lipinski definition) is 4. The first-order chi connectivity index (χ1) is 19.1. The number of hydrogen-bond acceptors (Lipinski definition) is 7. The lowest BCUT2D eigenvalue weighted by atomic mass is 9.96. The Kier molecular flexibility index (Phi) is 14.5. The van der Waals surface area contributed by atoms with Crippen LogP contribution in [-0.4, -0.2) is 89.6 Å². The number of carbonyl (C=O) groups is 1. The van der Waals surface area contributed by atoms with Crippen LogP contribution in [0.4, 0.5) is 0 Å². The Morgan fingerprint density at radius 1 is 0.900 bits per heavy atom. The zero-order valence-electron chi connectivity index (χ0n) is 23.8. The van der Waals surface area contributed by atoms with Gasteiger partial charge < -0.3 is 30.1 Å². The van der Waals surface area contributed by atoms with E-state index in [2.05, 4.69) is 5.32 Å². The van der Waals surface area contributed by atoms with E-state index in [1.165, 1.54) is 6.08 Å². The average molecular weight is 553 g/mol. The Bertz CT molecular complexity index is 1050. The summed E-state index contributed by atoms with van der Waals surface area (Å²) >= 11 is 0. The summed E-state index contributed by atoms with van der Waals surface area (Å²) in [5.41, 5.74) is -1.44. The largest absolute Gasteiger partial charge is 0.388 e. The first kappa shape index (κ1) is 33.1. The molecule has 7 atom stereocenters. The summed E-state index contributed by atoms with van der Waals surface area (Å²) < 4.78 is 11.9. The predicted molar refractivity (Wildman–Crippen MR) is 159 cm³/mol. The standard InChI is InChI=1S/C32H44N2O6/c1-25-19-15-11-7-5-6-8-12-16-20-27(40-31-29(34(3)4)30(37)26(35)24-39-31)32(2,38)22-18-14-10-9-13-17-21-28(36)33-23-25/h5-22,25-27,29-31,35,37-38H,23-24H2,1-4H3,(H,33,36)/b6-5-,11-7-,12-8-,13-9-,14-10-,19-15-,20-16-,21-17+,22-18+. The fourth-order valence-electron chi connectivity index (χ4n) is 3.91. The molecule has 8 heteroatoms. The van der Waals surface area contributed by atoms with Gasteiger partial charge >= 0.3 is 0 Å². The van der Waals surface area contributed by atoms with E-state index in [9.17, 15) is 20.1 Å². The lowest BCUT2D eigenvalue weighted by Crippen LogP contribution is -2.60. The molecule has 2 heterocycles. The van der Waals surface area contributed by atoms with Gasteiger partial charge in [0.2, 0.25) is 5.91 Å². The first-order valence-electron chi connectivity index (χ1n) is 13.5. The van der Waals surface area contributed by atoms with Crippen molar-refractivity contribution in [3.8, 4) is 0 Å². The monoisotopic (exact) mass is 552 g/mol. The van der Waals surface area contributed by atoms with Gasteiger partial charge in [0.25, 0.3) is 0 Å². The number of likely N-dealkylation sites (N-methyl/N-ethyl adjacent to an activating group) is 1. The van der Waals surface area contributed by atoms with Crippen LogP contribution in [0.2, 0.25) is 0 Å². The van der Waals surface area contributed by atoms with Crippen molar-refractivity contribution in [3.63, 3.8) is 0 Å². The van der Waals surface area contributed by atoms with E-state index in [-0.39, 0.29) is 18.4 Å². The molecule has 7 unspecified atom stereocenters. The fraction of sp³-hybridized carbons (Fsp3) is 0.406. The number of carbonyl (C=O) groups excluding carboxylic acids is 1. The molecule has 4 N–H and O–H groups in total. The third-order valence-corrected chi connectivity index (χ3v) is 6.25. The molecule has 2 rings (SSSR count). The summed E-state index contributed by atoms with van der Waals surface area (Å²) in [6.45, 7) is 4.11. The Balaban J connectivity index is 2.28. The van der Waals surface area contributed by atoms with Gasteiger partial charge in [0.1, 0.15) is 23.9 Å². The van der Waals surface area contributed by atoms with Crippen molar-refractivity contribution in [3.05, 3.63) is 109 Å². The molecule has 2 aliphatic heterocycles. The van der Waals surface area contributed by atoms with Crippen molar-refractivity contribution in [1.29, 1.82) is 0 Å². The predicted octanol–water partition coefficient (Wildman–Crippen LogP) is 2.90. The maximum absolute atomic E-state index is 12.0. The summed E-state index contributed by atoms with van der Waals surface area (Å²) in [5.74, 6) is 0.0312. The molecular formula is C32H44N2O6. The second-order valence-electron chi connectivity index (χ2n) is 10.1. The number of nitrogens with one attached hydrogen (secondary N) is 1. The maximum atomic E-state index is 12.0. The van der Waals surface area contributed by atoms with Crippen molar-refractivity contribution in [2.24, 2.45) is 5.92 Å². The Hall–Kier alpha value is -3.11. The van der Waals surface area contributed by atoms with E-state index >= 15 is 0 Å². The summed E-state index contributed by atoms with van der Waals surface area (Å²) in [5, 5.41) is 34.8. The number of amides is 1. The van der Waals surface area contributed by atoms with E-state index in [1.54, 1.807) is 80.6 Å². The number of ether oxygens (including phenoxy) is 2. The summed E-state index contributed by atoms with van der Waals surface area (Å²) in [4.78, 5) is 13.7. The molecule has 2 aliphatic rings. The lowest BCUT2D eigenvalue weighted by Gasteiger charge is -2.43. The highest BCUT2D eigenvalue weighted by Crippen LogP contribution is 2.26. The summed E-state index contributed by atoms with van der Waals surface area (Å²) in [6, 6.07) is -0.637. The number of aliphatic hydroxyl groups excluding tert-OH is 2. The van der Waals surface area contributed by atoms with Gasteiger partial charge in [0.15, 0.2) is 6.29 Å². The molecule has 218 valence electrons. The molecule has 1 amide bonds. The topological polar surface area (TPSA) is 111 Å². The van der Waals surface area contributed by atoms with Gasteiger partial charge in [0.05, 0.1) is 12.6 Å². The van der Waals surface area contributed by atoms with Crippen LogP contribution < -0.4 is 5.32 Å². The molecule has 0 aliphatic carbocycles. The van der Waals surface area contributed by atoms with Crippen LogP contribution in [0.5, 0.6) is 0 Å². The van der Waals surface area contributed by atoms with Crippen LogP contribution in [0, 0.1) is 5.92 Å². The smallest absolute Gasteiger partial charge is 0.243 e. The Labute approximate surface area is 238 Å². The number of aliphatic hydroxyl groups is 3. The molecule has 0 bridgehead atoms. The average Bonchev–Trinajstić information content (AvgIpc) is 2.90. The van der Waals surface area contributed by atoms with Gasteiger partial charge in [-0.05, 0) is 26.9 Å². The van der Waals surface area contributed by atoms with E-state index < -0.39 is 36.2 Å². The number of rotatable bonds is 3. The minimum absolute atomic E-state index is 0.0813. The normalized spacial score (nSPS) is 40.0. The van der Waals surface area contributed by atoms with Gasteiger partial charge in [-0.2, -0.15) is 0 Å². The SMILES string of the molecule is CC1\C=C/C=C\C=C/C=C\C=C/C(OC2OCC(O)C(O)C2N(C)C)C(C)(O)/C=C/C=C\C=C/C=C/C(=O)NC1. The molecule has 8 nitrogen and oxygen atoms in total. The van der Waals surface area contributed by atoms with Gasteiger partial charge in [-0.15, -0.1) is 0 Å². The molecule has 1 fully saturated rings. The number of allylic oxidation sites excluding steroid dienone is 14. The van der Waals surface area contributed by atoms with Crippen molar-refractivity contribution >= 4 is 5.91 Å². The molecular weight excluding hydrogens is 508 g/mol. The van der Waals surface area contributed by atoms with Gasteiger partial charge in [0, 0.05) is 12.6 Å². The van der Waals surface area contributed by atoms with Gasteiger partial charge in [-0.1, -0.05) is 110 Å². The van der Waals surface area contributed by atoms with Gasteiger partial charge in [-0.3, -0.25) is 9.69 Å². The third-order valence-electron chi connectivity index (χ3n) is 6.25. The van der Waals surface area contributed by atoms with Crippen molar-refractivity contribution in [2.45, 2.75) is 50.1 Å². The highest BCUT2D eigenvalue weighted by Gasteiger charge is 2.43. The molecule has 0 aromatic carbocycles. The Morgan fingerprint density at radius 2 is 1.45 bits per heavy atom. The van der Waals surface area contributed by atoms with Crippen LogP contribution in [0.1, 0.15) is 13.8 Å². The highest BCUT2D eigenvalue weighted by molar-refractivity contribution is 5.87. The summed E-state index contributed by atoms with van der Waals surface area (Å²) in [6.07, 6.45) is 28.4. The lowest BCUT2D eigenvalue weighted by molar-refractivity contribution is -0.270. The van der Waals surface area contributed by atoms with Crippen LogP contribution in [0.25, 0.3) is 0 Å². The van der Waals surface area contributed by atoms with Crippen molar-refractivity contribution < 1.29 is 29.6 Å². The van der Waals surface area contributed by atoms with E-state index in [1.807, 2.05) is 55.5 Å².